The molecule has 2 aromatic carbocycles. The zero-order valence-electron chi connectivity index (χ0n) is 12.8. The predicted octanol–water partition coefficient (Wildman–Crippen LogP) is 2.92. The van der Waals surface area contributed by atoms with Crippen molar-refractivity contribution >= 4 is 11.8 Å². The molecule has 2 aromatic rings. The minimum Gasteiger partial charge on any atom is -0.330 e. The second kappa shape index (κ2) is 6.39. The van der Waals surface area contributed by atoms with Crippen molar-refractivity contribution in [1.82, 2.24) is 10.6 Å². The summed E-state index contributed by atoms with van der Waals surface area (Å²) < 4.78 is 0. The standard InChI is InChI=1S/C19H15N3O2/c1-12-16(18(23)15-5-3-2-4-6-15)17(22-19(24)21-12)14-9-7-13(11-20)8-10-14/h2-10,16-17H,1H2,(H2,21,22,24)/t16-,17+/m0/s1. The molecule has 1 saturated heterocycles. The monoisotopic (exact) mass is 317 g/mol. The van der Waals surface area contributed by atoms with Crippen molar-refractivity contribution in [3.63, 3.8) is 0 Å². The number of carbonyl (C=O) groups is 2. The fraction of sp³-hybridized carbons (Fsp3) is 0.105. The maximum Gasteiger partial charge on any atom is 0.319 e. The van der Waals surface area contributed by atoms with Gasteiger partial charge in [-0.3, -0.25) is 4.79 Å². The number of Topliss-reactive ketones (excluding diaryl/α,β-unsaturated/α-hetero) is 1. The first kappa shape index (κ1) is 15.5. The molecule has 0 unspecified atom stereocenters. The van der Waals surface area contributed by atoms with Gasteiger partial charge >= 0.3 is 6.03 Å². The fourth-order valence-corrected chi connectivity index (χ4v) is 2.82. The summed E-state index contributed by atoms with van der Waals surface area (Å²) in [6, 6.07) is 16.8. The third-order valence-electron chi connectivity index (χ3n) is 4.01. The third-order valence-corrected chi connectivity index (χ3v) is 4.01. The van der Waals surface area contributed by atoms with Crippen LogP contribution in [0, 0.1) is 17.2 Å². The van der Waals surface area contributed by atoms with Crippen molar-refractivity contribution in [3.8, 4) is 6.07 Å². The van der Waals surface area contributed by atoms with E-state index in [1.54, 1.807) is 48.5 Å². The normalized spacial score (nSPS) is 19.8. The molecule has 5 heteroatoms. The van der Waals surface area contributed by atoms with Crippen LogP contribution in [0.4, 0.5) is 4.79 Å². The van der Waals surface area contributed by atoms with Gasteiger partial charge < -0.3 is 10.6 Å². The van der Waals surface area contributed by atoms with Crippen LogP contribution in [0.3, 0.4) is 0 Å². The Kier molecular flexibility index (Phi) is 4.13. The van der Waals surface area contributed by atoms with Crippen LogP contribution in [0.15, 0.2) is 66.9 Å². The highest BCUT2D eigenvalue weighted by atomic mass is 16.2. The zero-order valence-corrected chi connectivity index (χ0v) is 12.8. The van der Waals surface area contributed by atoms with Crippen LogP contribution < -0.4 is 10.6 Å². The van der Waals surface area contributed by atoms with Crippen LogP contribution in [0.2, 0.25) is 0 Å². The Morgan fingerprint density at radius 1 is 1.08 bits per heavy atom. The summed E-state index contributed by atoms with van der Waals surface area (Å²) in [5.41, 5.74) is 2.19. The second-order valence-corrected chi connectivity index (χ2v) is 5.54. The molecule has 0 spiro atoms. The molecule has 0 aromatic heterocycles. The Bertz CT molecular complexity index is 835. The third kappa shape index (κ3) is 2.90. The smallest absolute Gasteiger partial charge is 0.319 e. The molecule has 1 fully saturated rings. The first-order chi connectivity index (χ1) is 11.6. The van der Waals surface area contributed by atoms with Gasteiger partial charge in [0.2, 0.25) is 0 Å². The molecule has 2 N–H and O–H groups in total. The maximum absolute atomic E-state index is 12.9. The molecule has 1 aliphatic rings. The number of nitrogens with zero attached hydrogens (tertiary/aromatic N) is 1. The van der Waals surface area contributed by atoms with E-state index in [1.165, 1.54) is 0 Å². The van der Waals surface area contributed by atoms with Gasteiger partial charge in [-0.2, -0.15) is 5.26 Å². The predicted molar refractivity (Wildman–Crippen MR) is 89.0 cm³/mol. The topological polar surface area (TPSA) is 82.0 Å². The van der Waals surface area contributed by atoms with Crippen molar-refractivity contribution < 1.29 is 9.59 Å². The molecule has 118 valence electrons. The lowest BCUT2D eigenvalue weighted by atomic mass is 9.83. The summed E-state index contributed by atoms with van der Waals surface area (Å²) in [6.07, 6.45) is 0. The molecular formula is C19H15N3O2. The number of amides is 2. The van der Waals surface area contributed by atoms with Gasteiger partial charge in [0.25, 0.3) is 0 Å². The highest BCUT2D eigenvalue weighted by Crippen LogP contribution is 2.32. The average Bonchev–Trinajstić information content (AvgIpc) is 2.61. The molecule has 2 atom stereocenters. The number of nitriles is 1. The van der Waals surface area contributed by atoms with Crippen LogP contribution in [-0.4, -0.2) is 11.8 Å². The molecule has 0 radical (unpaired) electrons. The lowest BCUT2D eigenvalue weighted by Crippen LogP contribution is -2.50. The molecule has 24 heavy (non-hydrogen) atoms. The van der Waals surface area contributed by atoms with Crippen LogP contribution in [0.25, 0.3) is 0 Å². The lowest BCUT2D eigenvalue weighted by molar-refractivity contribution is 0.0905. The van der Waals surface area contributed by atoms with Gasteiger partial charge in [0.15, 0.2) is 5.78 Å². The SMILES string of the molecule is C=C1NC(=O)N[C@H](c2ccc(C#N)cc2)[C@H]1C(=O)c1ccccc1. The van der Waals surface area contributed by atoms with Crippen molar-refractivity contribution in [3.05, 3.63) is 83.6 Å². The number of carbonyl (C=O) groups excluding carboxylic acids is 2. The Morgan fingerprint density at radius 3 is 2.38 bits per heavy atom. The van der Waals surface area contributed by atoms with E-state index < -0.39 is 18.0 Å². The van der Waals surface area contributed by atoms with Crippen LogP contribution in [-0.2, 0) is 0 Å². The average molecular weight is 317 g/mol. The van der Waals surface area contributed by atoms with Gasteiger partial charge in [-0.15, -0.1) is 0 Å². The number of benzene rings is 2. The van der Waals surface area contributed by atoms with Crippen molar-refractivity contribution in [1.29, 1.82) is 5.26 Å². The summed E-state index contributed by atoms with van der Waals surface area (Å²) >= 11 is 0. The van der Waals surface area contributed by atoms with Gasteiger partial charge in [-0.25, -0.2) is 4.79 Å². The summed E-state index contributed by atoms with van der Waals surface area (Å²) in [4.78, 5) is 24.8. The van der Waals surface area contributed by atoms with Gasteiger partial charge in [0, 0.05) is 11.3 Å². The van der Waals surface area contributed by atoms with E-state index in [0.29, 0.717) is 16.8 Å². The maximum atomic E-state index is 12.9. The quantitative estimate of drug-likeness (QED) is 0.854. The number of hydrogen-bond acceptors (Lipinski definition) is 3. The van der Waals surface area contributed by atoms with Crippen LogP contribution in [0.1, 0.15) is 27.5 Å². The summed E-state index contributed by atoms with van der Waals surface area (Å²) in [5.74, 6) is -0.750. The Hall–Kier alpha value is -3.39. The minimum atomic E-state index is -0.627. The molecule has 2 amide bonds. The molecule has 1 aliphatic heterocycles. The fourth-order valence-electron chi connectivity index (χ4n) is 2.82. The first-order valence-corrected chi connectivity index (χ1v) is 7.46. The Morgan fingerprint density at radius 2 is 1.75 bits per heavy atom. The highest BCUT2D eigenvalue weighted by molar-refractivity contribution is 6.01. The number of ketones is 1. The van der Waals surface area contributed by atoms with E-state index in [1.807, 2.05) is 6.07 Å². The van der Waals surface area contributed by atoms with Gasteiger partial charge in [0.05, 0.1) is 23.6 Å². The van der Waals surface area contributed by atoms with Crippen LogP contribution >= 0.6 is 0 Å². The van der Waals surface area contributed by atoms with E-state index in [9.17, 15) is 9.59 Å². The second-order valence-electron chi connectivity index (χ2n) is 5.54. The molecular weight excluding hydrogens is 302 g/mol. The van der Waals surface area contributed by atoms with Gasteiger partial charge in [-0.05, 0) is 17.7 Å². The number of urea groups is 1. The molecule has 0 aliphatic carbocycles. The summed E-state index contributed by atoms with van der Waals surface area (Å²) in [5, 5.41) is 14.3. The highest BCUT2D eigenvalue weighted by Gasteiger charge is 2.37. The number of nitrogens with one attached hydrogen (secondary N) is 2. The van der Waals surface area contributed by atoms with E-state index >= 15 is 0 Å². The first-order valence-electron chi connectivity index (χ1n) is 7.46. The minimum absolute atomic E-state index is 0.123. The molecule has 3 rings (SSSR count). The van der Waals surface area contributed by atoms with Gasteiger partial charge in [0.1, 0.15) is 0 Å². The van der Waals surface area contributed by atoms with E-state index in [-0.39, 0.29) is 5.78 Å². The van der Waals surface area contributed by atoms with Crippen molar-refractivity contribution in [2.75, 3.05) is 0 Å². The molecule has 0 bridgehead atoms. The molecule has 1 heterocycles. The van der Waals surface area contributed by atoms with Crippen molar-refractivity contribution in [2.45, 2.75) is 6.04 Å². The number of hydrogen-bond donors (Lipinski definition) is 2. The van der Waals surface area contributed by atoms with E-state index in [2.05, 4.69) is 23.3 Å². The van der Waals surface area contributed by atoms with Crippen LogP contribution in [0.5, 0.6) is 0 Å². The van der Waals surface area contributed by atoms with Gasteiger partial charge in [-0.1, -0.05) is 49.0 Å². The summed E-state index contributed by atoms with van der Waals surface area (Å²) in [7, 11) is 0. The largest absolute Gasteiger partial charge is 0.330 e. The molecule has 5 nitrogen and oxygen atoms in total. The molecule has 0 saturated carbocycles. The lowest BCUT2D eigenvalue weighted by Gasteiger charge is -2.34. The van der Waals surface area contributed by atoms with E-state index in [4.69, 9.17) is 5.26 Å². The Labute approximate surface area is 139 Å². The zero-order chi connectivity index (χ0) is 17.1. The van der Waals surface area contributed by atoms with Crippen molar-refractivity contribution in [2.24, 2.45) is 5.92 Å². The Balaban J connectivity index is 1.99. The number of rotatable bonds is 3. The van der Waals surface area contributed by atoms with E-state index in [0.717, 1.165) is 5.56 Å². The summed E-state index contributed by atoms with van der Waals surface area (Å²) in [6.45, 7) is 3.86.